The van der Waals surface area contributed by atoms with Gasteiger partial charge in [-0.15, -0.1) is 0 Å². The number of carbonyl (C=O) groups is 1. The van der Waals surface area contributed by atoms with Gasteiger partial charge in [0.05, 0.1) is 5.69 Å². The minimum atomic E-state index is -0.188. The predicted molar refractivity (Wildman–Crippen MR) is 67.9 cm³/mol. The molecular weight excluding hydrogens is 230 g/mol. The largest absolute Gasteiger partial charge is 0.438 e. The second kappa shape index (κ2) is 4.91. The van der Waals surface area contributed by atoms with E-state index < -0.39 is 0 Å². The monoisotopic (exact) mass is 245 g/mol. The molecule has 0 fully saturated rings. The Kier molecular flexibility index (Phi) is 3.32. The third-order valence-electron chi connectivity index (χ3n) is 2.66. The zero-order valence-electron chi connectivity index (χ0n) is 10.4. The SMILES string of the molecule is Cc1ncoc1C(=O)N(C)Cc1cccc(N)c1. The van der Waals surface area contributed by atoms with Crippen LogP contribution in [-0.4, -0.2) is 22.8 Å². The molecule has 1 aromatic carbocycles. The van der Waals surface area contributed by atoms with E-state index in [0.717, 1.165) is 5.56 Å². The molecule has 0 unspecified atom stereocenters. The van der Waals surface area contributed by atoms with Crippen LogP contribution >= 0.6 is 0 Å². The fraction of sp³-hybridized carbons (Fsp3) is 0.231. The van der Waals surface area contributed by atoms with Crippen molar-refractivity contribution in [2.75, 3.05) is 12.8 Å². The summed E-state index contributed by atoms with van der Waals surface area (Å²) in [5.74, 6) is 0.0915. The number of rotatable bonds is 3. The van der Waals surface area contributed by atoms with Crippen LogP contribution in [-0.2, 0) is 6.54 Å². The molecule has 18 heavy (non-hydrogen) atoms. The van der Waals surface area contributed by atoms with E-state index in [-0.39, 0.29) is 11.7 Å². The Balaban J connectivity index is 2.11. The van der Waals surface area contributed by atoms with Crippen molar-refractivity contribution in [3.05, 3.63) is 47.7 Å². The molecule has 0 radical (unpaired) electrons. The van der Waals surface area contributed by atoms with E-state index in [9.17, 15) is 4.79 Å². The highest BCUT2D eigenvalue weighted by atomic mass is 16.3. The van der Waals surface area contributed by atoms with Crippen LogP contribution in [0.3, 0.4) is 0 Å². The number of anilines is 1. The maximum Gasteiger partial charge on any atom is 0.291 e. The normalized spacial score (nSPS) is 10.3. The number of hydrogen-bond acceptors (Lipinski definition) is 4. The first-order chi connectivity index (χ1) is 8.58. The third-order valence-corrected chi connectivity index (χ3v) is 2.66. The second-order valence-corrected chi connectivity index (χ2v) is 4.17. The summed E-state index contributed by atoms with van der Waals surface area (Å²) in [5.41, 5.74) is 7.95. The van der Waals surface area contributed by atoms with Crippen LogP contribution in [0, 0.1) is 6.92 Å². The van der Waals surface area contributed by atoms with E-state index in [1.165, 1.54) is 6.39 Å². The molecule has 1 heterocycles. The summed E-state index contributed by atoms with van der Waals surface area (Å²) < 4.78 is 5.08. The van der Waals surface area contributed by atoms with Crippen molar-refractivity contribution >= 4 is 11.6 Å². The number of aromatic nitrogens is 1. The number of hydrogen-bond donors (Lipinski definition) is 1. The maximum atomic E-state index is 12.1. The highest BCUT2D eigenvalue weighted by Crippen LogP contribution is 2.12. The molecule has 94 valence electrons. The van der Waals surface area contributed by atoms with E-state index in [1.54, 1.807) is 18.9 Å². The minimum absolute atomic E-state index is 0.188. The van der Waals surface area contributed by atoms with Crippen LogP contribution in [0.15, 0.2) is 35.1 Å². The molecule has 0 bridgehead atoms. The van der Waals surface area contributed by atoms with E-state index >= 15 is 0 Å². The first-order valence-corrected chi connectivity index (χ1v) is 5.58. The molecule has 2 N–H and O–H groups in total. The smallest absolute Gasteiger partial charge is 0.291 e. The van der Waals surface area contributed by atoms with Gasteiger partial charge in [-0.3, -0.25) is 4.79 Å². The molecule has 0 aliphatic rings. The van der Waals surface area contributed by atoms with E-state index in [2.05, 4.69) is 4.98 Å². The molecule has 2 rings (SSSR count). The van der Waals surface area contributed by atoms with Crippen LogP contribution < -0.4 is 5.73 Å². The number of amides is 1. The lowest BCUT2D eigenvalue weighted by atomic mass is 10.2. The van der Waals surface area contributed by atoms with Crippen molar-refractivity contribution in [3.63, 3.8) is 0 Å². The first-order valence-electron chi connectivity index (χ1n) is 5.58. The molecule has 0 spiro atoms. The summed E-state index contributed by atoms with van der Waals surface area (Å²) in [4.78, 5) is 17.6. The molecule has 1 aromatic heterocycles. The Labute approximate surface area is 105 Å². The average Bonchev–Trinajstić information content (AvgIpc) is 2.74. The van der Waals surface area contributed by atoms with Crippen LogP contribution in [0.1, 0.15) is 21.8 Å². The number of carbonyl (C=O) groups excluding carboxylic acids is 1. The van der Waals surface area contributed by atoms with Crippen molar-refractivity contribution in [3.8, 4) is 0 Å². The Hall–Kier alpha value is -2.30. The summed E-state index contributed by atoms with van der Waals surface area (Å²) in [7, 11) is 1.72. The summed E-state index contributed by atoms with van der Waals surface area (Å²) in [6.45, 7) is 2.22. The fourth-order valence-corrected chi connectivity index (χ4v) is 1.72. The maximum absolute atomic E-state index is 12.1. The van der Waals surface area contributed by atoms with Gasteiger partial charge in [-0.05, 0) is 24.6 Å². The highest BCUT2D eigenvalue weighted by molar-refractivity contribution is 5.92. The van der Waals surface area contributed by atoms with Gasteiger partial charge in [0.2, 0.25) is 5.76 Å². The molecule has 0 aliphatic heterocycles. The van der Waals surface area contributed by atoms with Gasteiger partial charge in [0.1, 0.15) is 0 Å². The number of oxazole rings is 1. The van der Waals surface area contributed by atoms with Crippen LogP contribution in [0.2, 0.25) is 0 Å². The molecular formula is C13H15N3O2. The Morgan fingerprint density at radius 3 is 2.89 bits per heavy atom. The molecule has 0 saturated heterocycles. The second-order valence-electron chi connectivity index (χ2n) is 4.17. The van der Waals surface area contributed by atoms with Crippen molar-refractivity contribution < 1.29 is 9.21 Å². The lowest BCUT2D eigenvalue weighted by Crippen LogP contribution is -2.26. The fourth-order valence-electron chi connectivity index (χ4n) is 1.72. The number of benzene rings is 1. The van der Waals surface area contributed by atoms with Crippen LogP contribution in [0.5, 0.6) is 0 Å². The number of nitrogens with zero attached hydrogens (tertiary/aromatic N) is 2. The molecule has 2 aromatic rings. The molecule has 5 heteroatoms. The van der Waals surface area contributed by atoms with Crippen LogP contribution in [0.4, 0.5) is 5.69 Å². The minimum Gasteiger partial charge on any atom is -0.438 e. The van der Waals surface area contributed by atoms with Gasteiger partial charge in [-0.1, -0.05) is 12.1 Å². The Bertz CT molecular complexity index is 563. The Morgan fingerprint density at radius 2 is 2.28 bits per heavy atom. The number of aryl methyl sites for hydroxylation is 1. The average molecular weight is 245 g/mol. The van der Waals surface area contributed by atoms with Crippen molar-refractivity contribution in [2.45, 2.75) is 13.5 Å². The number of nitrogen functional groups attached to an aromatic ring is 1. The van der Waals surface area contributed by atoms with Crippen LogP contribution in [0.25, 0.3) is 0 Å². The third kappa shape index (κ3) is 2.51. The van der Waals surface area contributed by atoms with E-state index in [1.807, 2.05) is 24.3 Å². The van der Waals surface area contributed by atoms with Gasteiger partial charge >= 0.3 is 0 Å². The molecule has 0 atom stereocenters. The van der Waals surface area contributed by atoms with Gasteiger partial charge in [0.15, 0.2) is 6.39 Å². The van der Waals surface area contributed by atoms with Gasteiger partial charge in [-0.25, -0.2) is 4.98 Å². The summed E-state index contributed by atoms with van der Waals surface area (Å²) >= 11 is 0. The van der Waals surface area contributed by atoms with E-state index in [4.69, 9.17) is 10.2 Å². The van der Waals surface area contributed by atoms with Gasteiger partial charge < -0.3 is 15.1 Å². The highest BCUT2D eigenvalue weighted by Gasteiger charge is 2.18. The van der Waals surface area contributed by atoms with E-state index in [0.29, 0.717) is 17.9 Å². The molecule has 1 amide bonds. The molecule has 5 nitrogen and oxygen atoms in total. The quantitative estimate of drug-likeness (QED) is 0.837. The van der Waals surface area contributed by atoms with Crippen molar-refractivity contribution in [1.29, 1.82) is 0 Å². The Morgan fingerprint density at radius 1 is 1.50 bits per heavy atom. The van der Waals surface area contributed by atoms with Gasteiger partial charge in [0, 0.05) is 19.3 Å². The van der Waals surface area contributed by atoms with Gasteiger partial charge in [0.25, 0.3) is 5.91 Å². The summed E-state index contributed by atoms with van der Waals surface area (Å²) in [6, 6.07) is 7.44. The number of nitrogens with two attached hydrogens (primary N) is 1. The molecule has 0 aliphatic carbocycles. The van der Waals surface area contributed by atoms with Gasteiger partial charge in [-0.2, -0.15) is 0 Å². The molecule has 0 saturated carbocycles. The zero-order valence-corrected chi connectivity index (χ0v) is 10.4. The lowest BCUT2D eigenvalue weighted by molar-refractivity contribution is 0.0752. The lowest BCUT2D eigenvalue weighted by Gasteiger charge is -2.16. The van der Waals surface area contributed by atoms with Crippen molar-refractivity contribution in [1.82, 2.24) is 9.88 Å². The summed E-state index contributed by atoms with van der Waals surface area (Å²) in [5, 5.41) is 0. The summed E-state index contributed by atoms with van der Waals surface area (Å²) in [6.07, 6.45) is 1.27. The first kappa shape index (κ1) is 12.2. The predicted octanol–water partition coefficient (Wildman–Crippen LogP) is 1.84. The standard InChI is InChI=1S/C13H15N3O2/c1-9-12(18-8-15-9)13(17)16(2)7-10-4-3-5-11(14)6-10/h3-6,8H,7,14H2,1-2H3. The van der Waals surface area contributed by atoms with Crippen molar-refractivity contribution in [2.24, 2.45) is 0 Å². The zero-order chi connectivity index (χ0) is 13.1. The topological polar surface area (TPSA) is 72.4 Å².